The zero-order chi connectivity index (χ0) is 14.8. The Morgan fingerprint density at radius 2 is 2.00 bits per heavy atom. The van der Waals surface area contributed by atoms with Crippen molar-refractivity contribution in [2.24, 2.45) is 5.92 Å². The second-order valence-electron chi connectivity index (χ2n) is 5.94. The van der Waals surface area contributed by atoms with E-state index in [1.165, 1.54) is 12.1 Å². The number of carbonyl (C=O) groups excluding carboxylic acids is 2. The molecule has 0 radical (unpaired) electrons. The Morgan fingerprint density at radius 3 is 2.62 bits per heavy atom. The van der Waals surface area contributed by atoms with Gasteiger partial charge in [-0.15, -0.1) is 0 Å². The number of likely N-dealkylation sites (tertiary alicyclic amines) is 1. The number of nitrogens with one attached hydrogen (secondary N) is 1. The van der Waals surface area contributed by atoms with Crippen LogP contribution in [0.25, 0.3) is 0 Å². The van der Waals surface area contributed by atoms with Crippen molar-refractivity contribution >= 4 is 11.8 Å². The van der Waals surface area contributed by atoms with Crippen LogP contribution < -0.4 is 5.32 Å². The van der Waals surface area contributed by atoms with Crippen molar-refractivity contribution in [2.75, 3.05) is 6.54 Å². The minimum absolute atomic E-state index is 0.0400. The van der Waals surface area contributed by atoms with E-state index >= 15 is 0 Å². The molecule has 0 unspecified atom stereocenters. The first-order valence-electron chi connectivity index (χ1n) is 7.44. The molecule has 1 saturated heterocycles. The molecule has 1 heterocycles. The summed E-state index contributed by atoms with van der Waals surface area (Å²) in [5.41, 5.74) is 0.899. The number of carbonyl (C=O) groups is 2. The summed E-state index contributed by atoms with van der Waals surface area (Å²) in [6, 6.07) is 6.06. The number of benzene rings is 1. The van der Waals surface area contributed by atoms with Gasteiger partial charge in [0.25, 0.3) is 0 Å². The number of nitrogens with zero attached hydrogens (tertiary/aromatic N) is 1. The zero-order valence-corrected chi connectivity index (χ0v) is 11.8. The van der Waals surface area contributed by atoms with E-state index in [0.29, 0.717) is 19.5 Å². The molecule has 4 nitrogen and oxygen atoms in total. The maximum absolute atomic E-state index is 12.9. The van der Waals surface area contributed by atoms with E-state index in [4.69, 9.17) is 0 Å². The Labute approximate surface area is 123 Å². The molecule has 112 valence electrons. The third-order valence-corrected chi connectivity index (χ3v) is 4.32. The van der Waals surface area contributed by atoms with Crippen LogP contribution in [0.1, 0.15) is 31.2 Å². The predicted molar refractivity (Wildman–Crippen MR) is 75.7 cm³/mol. The van der Waals surface area contributed by atoms with Gasteiger partial charge in [0.05, 0.1) is 6.04 Å². The number of halogens is 1. The number of hydrogen-bond acceptors (Lipinski definition) is 2. The van der Waals surface area contributed by atoms with Gasteiger partial charge in [-0.2, -0.15) is 0 Å². The summed E-state index contributed by atoms with van der Waals surface area (Å²) in [6.07, 6.45) is 3.41. The summed E-state index contributed by atoms with van der Waals surface area (Å²) in [5.74, 6) is -0.00990. The highest BCUT2D eigenvalue weighted by atomic mass is 19.1. The molecule has 1 aromatic carbocycles. The second kappa shape index (κ2) is 5.84. The zero-order valence-electron chi connectivity index (χ0n) is 11.8. The van der Waals surface area contributed by atoms with Gasteiger partial charge in [-0.3, -0.25) is 9.59 Å². The molecule has 0 spiro atoms. The van der Waals surface area contributed by atoms with Gasteiger partial charge < -0.3 is 10.2 Å². The first kappa shape index (κ1) is 14.0. The summed E-state index contributed by atoms with van der Waals surface area (Å²) in [6.45, 7) is 1.00. The van der Waals surface area contributed by atoms with Crippen molar-refractivity contribution in [3.05, 3.63) is 35.6 Å². The number of hydrogen-bond donors (Lipinski definition) is 1. The van der Waals surface area contributed by atoms with E-state index in [0.717, 1.165) is 24.8 Å². The van der Waals surface area contributed by atoms with Gasteiger partial charge in [0.2, 0.25) is 11.8 Å². The second-order valence-corrected chi connectivity index (χ2v) is 5.94. The standard InChI is InChI=1S/C16H19FN2O2/c17-13-6-4-11(5-7-13)9-19-10-14(8-15(19)20)18-16(21)12-2-1-3-12/h4-7,12,14H,1-3,8-10H2,(H,18,21)/t14-/m0/s1. The molecule has 1 aliphatic carbocycles. The lowest BCUT2D eigenvalue weighted by molar-refractivity contribution is -0.128. The van der Waals surface area contributed by atoms with Gasteiger partial charge in [0, 0.05) is 25.4 Å². The predicted octanol–water partition coefficient (Wildman–Crippen LogP) is 1.84. The van der Waals surface area contributed by atoms with Crippen LogP contribution in [0.3, 0.4) is 0 Å². The molecule has 2 amide bonds. The first-order chi connectivity index (χ1) is 10.1. The molecular formula is C16H19FN2O2. The largest absolute Gasteiger partial charge is 0.351 e. The summed E-state index contributed by atoms with van der Waals surface area (Å²) in [7, 11) is 0. The molecular weight excluding hydrogens is 271 g/mol. The van der Waals surface area contributed by atoms with Gasteiger partial charge in [-0.05, 0) is 30.5 Å². The van der Waals surface area contributed by atoms with Crippen molar-refractivity contribution < 1.29 is 14.0 Å². The van der Waals surface area contributed by atoms with Crippen molar-refractivity contribution in [1.29, 1.82) is 0 Å². The van der Waals surface area contributed by atoms with E-state index in [2.05, 4.69) is 5.32 Å². The van der Waals surface area contributed by atoms with Crippen LogP contribution >= 0.6 is 0 Å². The Bertz CT molecular complexity index is 540. The van der Waals surface area contributed by atoms with E-state index in [1.807, 2.05) is 0 Å². The van der Waals surface area contributed by atoms with Gasteiger partial charge in [0.15, 0.2) is 0 Å². The highest BCUT2D eigenvalue weighted by molar-refractivity contribution is 5.83. The smallest absolute Gasteiger partial charge is 0.225 e. The Balaban J connectivity index is 1.54. The Morgan fingerprint density at radius 1 is 1.29 bits per heavy atom. The lowest BCUT2D eigenvalue weighted by Crippen LogP contribution is -2.42. The molecule has 1 N–H and O–H groups in total. The van der Waals surface area contributed by atoms with Crippen LogP contribution in [0.5, 0.6) is 0 Å². The summed E-state index contributed by atoms with van der Waals surface area (Å²) in [5, 5.41) is 2.97. The Hall–Kier alpha value is -1.91. The minimum atomic E-state index is -0.280. The van der Waals surface area contributed by atoms with E-state index in [9.17, 15) is 14.0 Å². The summed E-state index contributed by atoms with van der Waals surface area (Å²) >= 11 is 0. The van der Waals surface area contributed by atoms with Crippen LogP contribution in [0.4, 0.5) is 4.39 Å². The molecule has 1 saturated carbocycles. The fourth-order valence-electron chi connectivity index (χ4n) is 2.82. The van der Waals surface area contributed by atoms with E-state index < -0.39 is 0 Å². The average molecular weight is 290 g/mol. The highest BCUT2D eigenvalue weighted by Gasteiger charge is 2.33. The molecule has 1 aliphatic heterocycles. The molecule has 5 heteroatoms. The van der Waals surface area contributed by atoms with Crippen LogP contribution in [0, 0.1) is 11.7 Å². The van der Waals surface area contributed by atoms with Crippen LogP contribution in [0.15, 0.2) is 24.3 Å². The third kappa shape index (κ3) is 3.23. The third-order valence-electron chi connectivity index (χ3n) is 4.32. The molecule has 21 heavy (non-hydrogen) atoms. The molecule has 2 fully saturated rings. The van der Waals surface area contributed by atoms with Crippen LogP contribution in [0.2, 0.25) is 0 Å². The molecule has 3 rings (SSSR count). The van der Waals surface area contributed by atoms with Gasteiger partial charge in [-0.1, -0.05) is 18.6 Å². The normalized spacial score (nSPS) is 22.2. The highest BCUT2D eigenvalue weighted by Crippen LogP contribution is 2.27. The fourth-order valence-corrected chi connectivity index (χ4v) is 2.82. The van der Waals surface area contributed by atoms with Gasteiger partial charge in [-0.25, -0.2) is 4.39 Å². The van der Waals surface area contributed by atoms with Crippen molar-refractivity contribution in [3.8, 4) is 0 Å². The van der Waals surface area contributed by atoms with Gasteiger partial charge >= 0.3 is 0 Å². The summed E-state index contributed by atoms with van der Waals surface area (Å²) < 4.78 is 12.9. The quantitative estimate of drug-likeness (QED) is 0.920. The van der Waals surface area contributed by atoms with Crippen molar-refractivity contribution in [3.63, 3.8) is 0 Å². The maximum atomic E-state index is 12.9. The van der Waals surface area contributed by atoms with Crippen LogP contribution in [-0.4, -0.2) is 29.3 Å². The molecule has 0 bridgehead atoms. The van der Waals surface area contributed by atoms with Crippen molar-refractivity contribution in [2.45, 2.75) is 38.3 Å². The lowest BCUT2D eigenvalue weighted by Gasteiger charge is -2.26. The van der Waals surface area contributed by atoms with Crippen LogP contribution in [-0.2, 0) is 16.1 Å². The molecule has 2 aliphatic rings. The fraction of sp³-hybridized carbons (Fsp3) is 0.500. The van der Waals surface area contributed by atoms with E-state index in [1.54, 1.807) is 17.0 Å². The van der Waals surface area contributed by atoms with Crippen molar-refractivity contribution in [1.82, 2.24) is 10.2 Å². The maximum Gasteiger partial charge on any atom is 0.225 e. The van der Waals surface area contributed by atoms with E-state index in [-0.39, 0.29) is 29.6 Å². The monoisotopic (exact) mass is 290 g/mol. The molecule has 0 aromatic heterocycles. The number of amides is 2. The minimum Gasteiger partial charge on any atom is -0.351 e. The first-order valence-corrected chi connectivity index (χ1v) is 7.44. The summed E-state index contributed by atoms with van der Waals surface area (Å²) in [4.78, 5) is 25.6. The topological polar surface area (TPSA) is 49.4 Å². The number of rotatable bonds is 4. The molecule has 1 aromatic rings. The Kier molecular flexibility index (Phi) is 3.90. The van der Waals surface area contributed by atoms with Gasteiger partial charge in [0.1, 0.15) is 5.82 Å². The lowest BCUT2D eigenvalue weighted by atomic mass is 9.84. The average Bonchev–Trinajstić information content (AvgIpc) is 2.70. The SMILES string of the molecule is O=C(N[C@H]1CC(=O)N(Cc2ccc(F)cc2)C1)C1CCC1. The molecule has 1 atom stereocenters.